The molecule has 164 valence electrons. The average molecular weight is 397 g/mol. The lowest BCUT2D eigenvalue weighted by Crippen LogP contribution is -2.30. The molecule has 0 aromatic rings. The van der Waals surface area contributed by atoms with E-state index < -0.39 is 0 Å². The molecule has 0 bridgehead atoms. The van der Waals surface area contributed by atoms with Crippen LogP contribution in [0, 0.1) is 11.8 Å². The smallest absolute Gasteiger partial charge is 0.308 e. The van der Waals surface area contributed by atoms with Gasteiger partial charge in [-0.25, -0.2) is 0 Å². The van der Waals surface area contributed by atoms with Crippen LogP contribution in [0.4, 0.5) is 0 Å². The Bertz CT molecular complexity index is 407. The minimum atomic E-state index is -0.125. The molecular formula is C24H44O4. The maximum absolute atomic E-state index is 12.3. The van der Waals surface area contributed by atoms with Gasteiger partial charge in [0.2, 0.25) is 0 Å². The van der Waals surface area contributed by atoms with Crippen LogP contribution in [0.1, 0.15) is 117 Å². The van der Waals surface area contributed by atoms with Crippen molar-refractivity contribution < 1.29 is 19.1 Å². The Morgan fingerprint density at radius 3 is 1.46 bits per heavy atom. The second-order valence-electron chi connectivity index (χ2n) is 8.43. The Balaban J connectivity index is 2.12. The lowest BCUT2D eigenvalue weighted by Gasteiger charge is -2.26. The first-order chi connectivity index (χ1) is 13.7. The van der Waals surface area contributed by atoms with Crippen LogP contribution in [-0.2, 0) is 19.1 Å². The van der Waals surface area contributed by atoms with Gasteiger partial charge in [0.15, 0.2) is 0 Å². The van der Waals surface area contributed by atoms with Crippen molar-refractivity contribution in [2.75, 3.05) is 13.2 Å². The van der Waals surface area contributed by atoms with E-state index in [2.05, 4.69) is 13.8 Å². The monoisotopic (exact) mass is 396 g/mol. The Morgan fingerprint density at radius 1 is 0.643 bits per heavy atom. The topological polar surface area (TPSA) is 52.6 Å². The second kappa shape index (κ2) is 16.9. The van der Waals surface area contributed by atoms with Crippen molar-refractivity contribution in [2.24, 2.45) is 11.8 Å². The SMILES string of the molecule is CCCCCCCCCOC(=O)C1CCCC(C(=O)OCCCCCCC)C1. The highest BCUT2D eigenvalue weighted by Crippen LogP contribution is 2.31. The van der Waals surface area contributed by atoms with Gasteiger partial charge in [-0.2, -0.15) is 0 Å². The zero-order valence-electron chi connectivity index (χ0n) is 18.5. The number of hydrogen-bond donors (Lipinski definition) is 0. The standard InChI is InChI=1S/C24H44O4/c1-3-5-7-9-10-12-14-19-28-24(26)22-17-15-16-21(20-22)23(25)27-18-13-11-8-6-4-2/h21-22H,3-20H2,1-2H3. The molecule has 0 aromatic heterocycles. The van der Waals surface area contributed by atoms with E-state index in [1.165, 1.54) is 51.4 Å². The molecule has 0 N–H and O–H groups in total. The molecule has 0 radical (unpaired) electrons. The molecule has 1 aliphatic rings. The summed E-state index contributed by atoms with van der Waals surface area (Å²) >= 11 is 0. The van der Waals surface area contributed by atoms with Crippen molar-refractivity contribution in [2.45, 2.75) is 117 Å². The van der Waals surface area contributed by atoms with Crippen LogP contribution < -0.4 is 0 Å². The summed E-state index contributed by atoms with van der Waals surface area (Å²) in [5.41, 5.74) is 0. The Morgan fingerprint density at radius 2 is 1.04 bits per heavy atom. The average Bonchev–Trinajstić information content (AvgIpc) is 2.72. The molecule has 28 heavy (non-hydrogen) atoms. The minimum Gasteiger partial charge on any atom is -0.465 e. The largest absolute Gasteiger partial charge is 0.465 e. The zero-order valence-corrected chi connectivity index (χ0v) is 18.5. The molecule has 4 heteroatoms. The maximum atomic E-state index is 12.3. The molecule has 0 saturated heterocycles. The number of unbranched alkanes of at least 4 members (excludes halogenated alkanes) is 10. The normalized spacial score (nSPS) is 19.4. The van der Waals surface area contributed by atoms with Gasteiger partial charge in [-0.3, -0.25) is 9.59 Å². The summed E-state index contributed by atoms with van der Waals surface area (Å²) in [6.45, 7) is 5.46. The van der Waals surface area contributed by atoms with Crippen molar-refractivity contribution >= 4 is 11.9 Å². The fourth-order valence-electron chi connectivity index (χ4n) is 3.96. The summed E-state index contributed by atoms with van der Waals surface area (Å²) in [4.78, 5) is 24.6. The van der Waals surface area contributed by atoms with E-state index in [9.17, 15) is 9.59 Å². The van der Waals surface area contributed by atoms with E-state index in [0.717, 1.165) is 44.9 Å². The van der Waals surface area contributed by atoms with E-state index in [4.69, 9.17) is 9.47 Å². The molecule has 2 unspecified atom stereocenters. The third-order valence-corrected chi connectivity index (χ3v) is 5.83. The molecule has 1 rings (SSSR count). The van der Waals surface area contributed by atoms with Crippen LogP contribution in [0.2, 0.25) is 0 Å². The zero-order chi connectivity index (χ0) is 20.5. The van der Waals surface area contributed by atoms with Gasteiger partial charge in [-0.05, 0) is 32.1 Å². The Labute approximate surface area is 173 Å². The van der Waals surface area contributed by atoms with Crippen molar-refractivity contribution in [1.82, 2.24) is 0 Å². The van der Waals surface area contributed by atoms with Crippen molar-refractivity contribution in [1.29, 1.82) is 0 Å². The molecule has 0 aromatic carbocycles. The fourth-order valence-corrected chi connectivity index (χ4v) is 3.96. The molecular weight excluding hydrogens is 352 g/mol. The van der Waals surface area contributed by atoms with E-state index in [1.807, 2.05) is 0 Å². The highest BCUT2D eigenvalue weighted by Gasteiger charge is 2.32. The molecule has 0 heterocycles. The number of carbonyl (C=O) groups excluding carboxylic acids is 2. The minimum absolute atomic E-state index is 0.108. The highest BCUT2D eigenvalue weighted by atomic mass is 16.5. The summed E-state index contributed by atoms with van der Waals surface area (Å²) in [7, 11) is 0. The first-order valence-electron chi connectivity index (χ1n) is 12.0. The first-order valence-corrected chi connectivity index (χ1v) is 12.0. The Hall–Kier alpha value is -1.06. The number of rotatable bonds is 16. The van der Waals surface area contributed by atoms with Gasteiger partial charge < -0.3 is 9.47 Å². The highest BCUT2D eigenvalue weighted by molar-refractivity contribution is 5.76. The number of ether oxygens (including phenoxy) is 2. The quantitative estimate of drug-likeness (QED) is 0.218. The van der Waals surface area contributed by atoms with Crippen LogP contribution in [0.3, 0.4) is 0 Å². The van der Waals surface area contributed by atoms with Gasteiger partial charge >= 0.3 is 11.9 Å². The van der Waals surface area contributed by atoms with Crippen LogP contribution in [-0.4, -0.2) is 25.2 Å². The number of hydrogen-bond acceptors (Lipinski definition) is 4. The summed E-state index contributed by atoms with van der Waals surface area (Å²) in [5, 5.41) is 0. The van der Waals surface area contributed by atoms with Crippen LogP contribution in [0.25, 0.3) is 0 Å². The lowest BCUT2D eigenvalue weighted by molar-refractivity contribution is -0.155. The summed E-state index contributed by atoms with van der Waals surface area (Å²) in [6.07, 6.45) is 17.5. The van der Waals surface area contributed by atoms with E-state index in [-0.39, 0.29) is 23.8 Å². The maximum Gasteiger partial charge on any atom is 0.308 e. The number of esters is 2. The molecule has 4 nitrogen and oxygen atoms in total. The molecule has 1 saturated carbocycles. The van der Waals surface area contributed by atoms with Gasteiger partial charge in [-0.15, -0.1) is 0 Å². The summed E-state index contributed by atoms with van der Waals surface area (Å²) < 4.78 is 10.9. The van der Waals surface area contributed by atoms with Gasteiger partial charge in [0.1, 0.15) is 0 Å². The first kappa shape index (κ1) is 25.0. The van der Waals surface area contributed by atoms with Crippen molar-refractivity contribution in [3.63, 3.8) is 0 Å². The fraction of sp³-hybridized carbons (Fsp3) is 0.917. The molecule has 1 fully saturated rings. The molecule has 2 atom stereocenters. The van der Waals surface area contributed by atoms with Crippen molar-refractivity contribution in [3.8, 4) is 0 Å². The summed E-state index contributed by atoms with van der Waals surface area (Å²) in [5.74, 6) is -0.468. The van der Waals surface area contributed by atoms with Crippen LogP contribution >= 0.6 is 0 Å². The summed E-state index contributed by atoms with van der Waals surface area (Å²) in [6, 6.07) is 0. The lowest BCUT2D eigenvalue weighted by atomic mass is 9.81. The molecule has 1 aliphatic carbocycles. The van der Waals surface area contributed by atoms with E-state index in [1.54, 1.807) is 0 Å². The molecule has 0 aliphatic heterocycles. The third-order valence-electron chi connectivity index (χ3n) is 5.83. The third kappa shape index (κ3) is 11.7. The second-order valence-corrected chi connectivity index (χ2v) is 8.43. The van der Waals surface area contributed by atoms with Gasteiger partial charge in [0.05, 0.1) is 25.0 Å². The van der Waals surface area contributed by atoms with Crippen LogP contribution in [0.5, 0.6) is 0 Å². The molecule has 0 spiro atoms. The van der Waals surface area contributed by atoms with Gasteiger partial charge in [0, 0.05) is 0 Å². The van der Waals surface area contributed by atoms with E-state index in [0.29, 0.717) is 19.6 Å². The number of carbonyl (C=O) groups is 2. The predicted octanol–water partition coefficient (Wildman–Crippen LogP) is 6.60. The van der Waals surface area contributed by atoms with Gasteiger partial charge in [-0.1, -0.05) is 84.5 Å². The van der Waals surface area contributed by atoms with Gasteiger partial charge in [0.25, 0.3) is 0 Å². The van der Waals surface area contributed by atoms with E-state index >= 15 is 0 Å². The van der Waals surface area contributed by atoms with Crippen molar-refractivity contribution in [3.05, 3.63) is 0 Å². The Kier molecular flexibility index (Phi) is 15.0. The molecule has 0 amide bonds. The van der Waals surface area contributed by atoms with Crippen LogP contribution in [0.15, 0.2) is 0 Å². The predicted molar refractivity (Wildman–Crippen MR) is 114 cm³/mol.